The van der Waals surface area contributed by atoms with Crippen molar-refractivity contribution in [2.24, 2.45) is 0 Å². The molecule has 2 rings (SSSR count). The molecule has 0 amide bonds. The van der Waals surface area contributed by atoms with Gasteiger partial charge in [0.05, 0.1) is 4.90 Å². The summed E-state index contributed by atoms with van der Waals surface area (Å²) in [7, 11) is -3.73. The van der Waals surface area contributed by atoms with E-state index in [2.05, 4.69) is 14.9 Å². The van der Waals surface area contributed by atoms with Crippen LogP contribution in [0.5, 0.6) is 0 Å². The number of hydrogen-bond donors (Lipinski definition) is 1. The van der Waals surface area contributed by atoms with Crippen LogP contribution in [-0.2, 0) is 16.4 Å². The summed E-state index contributed by atoms with van der Waals surface area (Å²) in [6.07, 6.45) is 0.690. The second-order valence-corrected chi connectivity index (χ2v) is 6.16. The summed E-state index contributed by atoms with van der Waals surface area (Å²) in [4.78, 5) is -0.0165. The molecule has 8 heteroatoms. The molecule has 0 aliphatic rings. The molecule has 0 aliphatic carbocycles. The third-order valence-corrected chi connectivity index (χ3v) is 4.58. The van der Waals surface area contributed by atoms with Crippen LogP contribution in [0.4, 0.5) is 9.52 Å². The Morgan fingerprint density at radius 1 is 1.28 bits per heavy atom. The second kappa shape index (κ2) is 4.99. The summed E-state index contributed by atoms with van der Waals surface area (Å²) in [5.41, 5.74) is 0. The smallest absolute Gasteiger partial charge is 0.253 e. The van der Waals surface area contributed by atoms with Gasteiger partial charge in [-0.3, -0.25) is 4.72 Å². The van der Waals surface area contributed by atoms with Crippen molar-refractivity contribution in [1.29, 1.82) is 0 Å². The van der Waals surface area contributed by atoms with Crippen LogP contribution in [0.1, 0.15) is 11.9 Å². The first-order valence-corrected chi connectivity index (χ1v) is 7.42. The molecule has 1 heterocycles. The van der Waals surface area contributed by atoms with E-state index in [4.69, 9.17) is 0 Å². The minimum Gasteiger partial charge on any atom is -0.253 e. The maximum absolute atomic E-state index is 12.7. The summed E-state index contributed by atoms with van der Waals surface area (Å²) in [5, 5.41) is 8.47. The molecule has 0 fully saturated rings. The molecule has 96 valence electrons. The Bertz CT molecular complexity index is 637. The number of aryl methyl sites for hydroxylation is 1. The van der Waals surface area contributed by atoms with E-state index < -0.39 is 15.8 Å². The van der Waals surface area contributed by atoms with Crippen molar-refractivity contribution in [1.82, 2.24) is 10.2 Å². The average molecular weight is 287 g/mol. The van der Waals surface area contributed by atoms with Gasteiger partial charge < -0.3 is 0 Å². The zero-order valence-corrected chi connectivity index (χ0v) is 11.1. The molecule has 0 saturated heterocycles. The van der Waals surface area contributed by atoms with Gasteiger partial charge in [0.25, 0.3) is 10.0 Å². The maximum Gasteiger partial charge on any atom is 0.263 e. The normalized spacial score (nSPS) is 11.4. The van der Waals surface area contributed by atoms with Gasteiger partial charge in [-0.1, -0.05) is 18.3 Å². The maximum atomic E-state index is 12.7. The number of aromatic nitrogens is 2. The molecular weight excluding hydrogens is 277 g/mol. The Labute approximate surface area is 108 Å². The number of sulfonamides is 1. The summed E-state index contributed by atoms with van der Waals surface area (Å²) >= 11 is 1.17. The van der Waals surface area contributed by atoms with Crippen LogP contribution in [0.25, 0.3) is 0 Å². The van der Waals surface area contributed by atoms with Gasteiger partial charge in [-0.2, -0.15) is 0 Å². The van der Waals surface area contributed by atoms with Crippen LogP contribution < -0.4 is 4.72 Å². The van der Waals surface area contributed by atoms with Crippen molar-refractivity contribution in [2.75, 3.05) is 4.72 Å². The van der Waals surface area contributed by atoms with Crippen LogP contribution in [-0.4, -0.2) is 18.6 Å². The van der Waals surface area contributed by atoms with E-state index in [1.54, 1.807) is 0 Å². The van der Waals surface area contributed by atoms with E-state index in [9.17, 15) is 12.8 Å². The minimum atomic E-state index is -3.73. The molecule has 18 heavy (non-hydrogen) atoms. The van der Waals surface area contributed by atoms with Gasteiger partial charge in [-0.25, -0.2) is 12.8 Å². The Morgan fingerprint density at radius 2 is 1.94 bits per heavy atom. The minimum absolute atomic E-state index is 0.0165. The summed E-state index contributed by atoms with van der Waals surface area (Å²) in [6.45, 7) is 1.90. The standard InChI is InChI=1S/C10H10FN3O2S2/c1-2-9-12-13-10(17-9)14-18(15,16)8-5-3-7(11)4-6-8/h3-6H,2H2,1H3,(H,13,14). The van der Waals surface area contributed by atoms with Gasteiger partial charge in [0, 0.05) is 0 Å². The number of benzene rings is 1. The van der Waals surface area contributed by atoms with Crippen molar-refractivity contribution in [3.05, 3.63) is 35.1 Å². The first-order valence-electron chi connectivity index (χ1n) is 5.12. The van der Waals surface area contributed by atoms with E-state index in [1.165, 1.54) is 23.5 Å². The predicted octanol–water partition coefficient (Wildman–Crippen LogP) is 2.04. The van der Waals surface area contributed by atoms with Gasteiger partial charge in [0.15, 0.2) is 0 Å². The molecule has 0 aliphatic heterocycles. The SMILES string of the molecule is CCc1nnc(NS(=O)(=O)c2ccc(F)cc2)s1. The van der Waals surface area contributed by atoms with E-state index in [-0.39, 0.29) is 10.0 Å². The van der Waals surface area contributed by atoms with Crippen molar-refractivity contribution >= 4 is 26.5 Å². The molecule has 5 nitrogen and oxygen atoms in total. The first kappa shape index (κ1) is 12.9. The summed E-state index contributed by atoms with van der Waals surface area (Å²) < 4.78 is 38.9. The highest BCUT2D eigenvalue weighted by atomic mass is 32.2. The van der Waals surface area contributed by atoms with E-state index in [1.807, 2.05) is 6.92 Å². The van der Waals surface area contributed by atoms with Crippen LogP contribution in [0.15, 0.2) is 29.2 Å². The number of anilines is 1. The lowest BCUT2D eigenvalue weighted by atomic mass is 10.4. The summed E-state index contributed by atoms with van der Waals surface area (Å²) in [5.74, 6) is -0.488. The lowest BCUT2D eigenvalue weighted by molar-refractivity contribution is 0.599. The largest absolute Gasteiger partial charge is 0.263 e. The predicted molar refractivity (Wildman–Crippen MR) is 66.5 cm³/mol. The van der Waals surface area contributed by atoms with Gasteiger partial charge >= 0.3 is 0 Å². The van der Waals surface area contributed by atoms with Crippen molar-refractivity contribution in [3.63, 3.8) is 0 Å². The first-order chi connectivity index (χ1) is 8.51. The second-order valence-electron chi connectivity index (χ2n) is 3.41. The van der Waals surface area contributed by atoms with Gasteiger partial charge in [-0.15, -0.1) is 10.2 Å². The molecule has 0 radical (unpaired) electrons. The zero-order valence-electron chi connectivity index (χ0n) is 9.42. The fraction of sp³-hybridized carbons (Fsp3) is 0.200. The molecule has 1 aromatic heterocycles. The molecule has 1 N–H and O–H groups in total. The topological polar surface area (TPSA) is 72.0 Å². The molecule has 0 spiro atoms. The highest BCUT2D eigenvalue weighted by Crippen LogP contribution is 2.20. The molecule has 1 aromatic carbocycles. The fourth-order valence-corrected chi connectivity index (χ4v) is 3.13. The van der Waals surface area contributed by atoms with Crippen LogP contribution >= 0.6 is 11.3 Å². The van der Waals surface area contributed by atoms with Crippen LogP contribution in [0.3, 0.4) is 0 Å². The Morgan fingerprint density at radius 3 is 2.50 bits per heavy atom. The van der Waals surface area contributed by atoms with E-state index in [0.29, 0.717) is 6.42 Å². The van der Waals surface area contributed by atoms with E-state index >= 15 is 0 Å². The lowest BCUT2D eigenvalue weighted by Crippen LogP contribution is -2.12. The lowest BCUT2D eigenvalue weighted by Gasteiger charge is -2.03. The third-order valence-electron chi connectivity index (χ3n) is 2.11. The zero-order chi connectivity index (χ0) is 13.2. The number of nitrogens with zero attached hydrogens (tertiary/aromatic N) is 2. The highest BCUT2D eigenvalue weighted by molar-refractivity contribution is 7.93. The van der Waals surface area contributed by atoms with Crippen molar-refractivity contribution < 1.29 is 12.8 Å². The van der Waals surface area contributed by atoms with Crippen molar-refractivity contribution in [3.8, 4) is 0 Å². The monoisotopic (exact) mass is 287 g/mol. The van der Waals surface area contributed by atoms with Crippen LogP contribution in [0, 0.1) is 5.82 Å². The quantitative estimate of drug-likeness (QED) is 0.934. The Kier molecular flexibility index (Phi) is 3.58. The van der Waals surface area contributed by atoms with Crippen molar-refractivity contribution in [2.45, 2.75) is 18.2 Å². The summed E-state index contributed by atoms with van der Waals surface area (Å²) in [6, 6.07) is 4.57. The number of rotatable bonds is 4. The van der Waals surface area contributed by atoms with Gasteiger partial charge in [0.2, 0.25) is 5.13 Å². The molecular formula is C10H10FN3O2S2. The van der Waals surface area contributed by atoms with E-state index in [0.717, 1.165) is 17.1 Å². The van der Waals surface area contributed by atoms with Gasteiger partial charge in [0.1, 0.15) is 10.8 Å². The fourth-order valence-electron chi connectivity index (χ4n) is 1.23. The van der Waals surface area contributed by atoms with Gasteiger partial charge in [-0.05, 0) is 30.7 Å². The molecule has 2 aromatic rings. The number of nitrogens with one attached hydrogen (secondary N) is 1. The molecule has 0 unspecified atom stereocenters. The Balaban J connectivity index is 2.24. The Hall–Kier alpha value is -1.54. The molecule has 0 bridgehead atoms. The molecule has 0 saturated carbocycles. The molecule has 0 atom stereocenters. The highest BCUT2D eigenvalue weighted by Gasteiger charge is 2.16. The average Bonchev–Trinajstić information content (AvgIpc) is 2.76. The number of hydrogen-bond acceptors (Lipinski definition) is 5. The van der Waals surface area contributed by atoms with Crippen LogP contribution in [0.2, 0.25) is 0 Å². The number of halogens is 1. The third kappa shape index (κ3) is 2.82.